The number of hydrogen-bond donors (Lipinski definition) is 1. The van der Waals surface area contributed by atoms with Crippen molar-refractivity contribution in [2.24, 2.45) is 5.16 Å². The Morgan fingerprint density at radius 2 is 2.29 bits per heavy atom. The van der Waals surface area contributed by atoms with E-state index in [4.69, 9.17) is 5.11 Å². The van der Waals surface area contributed by atoms with Crippen molar-refractivity contribution in [2.75, 3.05) is 12.9 Å². The molecule has 0 aromatic heterocycles. The fourth-order valence-corrected chi connectivity index (χ4v) is 1.63. The molecule has 0 aliphatic rings. The summed E-state index contributed by atoms with van der Waals surface area (Å²) in [5.41, 5.74) is 0.00634. The lowest BCUT2D eigenvalue weighted by atomic mass is 10.1. The molecule has 0 rings (SSSR count). The lowest BCUT2D eigenvalue weighted by molar-refractivity contribution is -0.129. The van der Waals surface area contributed by atoms with E-state index in [1.165, 1.54) is 18.9 Å². The van der Waals surface area contributed by atoms with Gasteiger partial charge in [0.2, 0.25) is 0 Å². The molecule has 0 fully saturated rings. The van der Waals surface area contributed by atoms with E-state index in [9.17, 15) is 4.79 Å². The molecular formula is C9H15NO3S. The maximum Gasteiger partial charge on any atom is 0.355 e. The van der Waals surface area contributed by atoms with Crippen molar-refractivity contribution in [3.8, 4) is 0 Å². The molecule has 0 bridgehead atoms. The Labute approximate surface area is 88.0 Å². The summed E-state index contributed by atoms with van der Waals surface area (Å²) in [4.78, 5) is 15.3. The molecule has 0 radical (unpaired) electrons. The third-order valence-corrected chi connectivity index (χ3v) is 2.83. The molecule has 0 aliphatic carbocycles. The summed E-state index contributed by atoms with van der Waals surface area (Å²) in [5.74, 6) is -0.392. The van der Waals surface area contributed by atoms with E-state index in [1.54, 1.807) is 19.9 Å². The summed E-state index contributed by atoms with van der Waals surface area (Å²) in [6.45, 7) is 7.14. The van der Waals surface area contributed by atoms with Crippen LogP contribution in [-0.2, 0) is 9.63 Å². The molecule has 0 saturated carbocycles. The van der Waals surface area contributed by atoms with Gasteiger partial charge in [0, 0.05) is 5.75 Å². The third-order valence-electron chi connectivity index (χ3n) is 1.52. The molecule has 1 N–H and O–H groups in total. The molecule has 0 spiro atoms. The molecule has 0 aliphatic heterocycles. The molecule has 0 atom stereocenters. The number of aliphatic carboxylic acids is 1. The highest BCUT2D eigenvalue weighted by molar-refractivity contribution is 8.01. The Morgan fingerprint density at radius 1 is 1.71 bits per heavy atom. The second-order valence-corrected chi connectivity index (χ2v) is 4.68. The van der Waals surface area contributed by atoms with Gasteiger partial charge in [0.05, 0.1) is 4.75 Å². The topological polar surface area (TPSA) is 58.9 Å². The number of carbonyl (C=O) groups is 1. The molecule has 5 heteroatoms. The first-order valence-electron chi connectivity index (χ1n) is 4.05. The lowest BCUT2D eigenvalue weighted by Gasteiger charge is -2.21. The first-order chi connectivity index (χ1) is 6.45. The fourth-order valence-electron chi connectivity index (χ4n) is 0.833. The summed E-state index contributed by atoms with van der Waals surface area (Å²) >= 11 is 1.45. The molecule has 0 aromatic carbocycles. The number of rotatable bonds is 6. The van der Waals surface area contributed by atoms with E-state index in [2.05, 4.69) is 16.6 Å². The predicted molar refractivity (Wildman–Crippen MR) is 58.8 cm³/mol. The van der Waals surface area contributed by atoms with Crippen LogP contribution in [-0.4, -0.2) is 34.4 Å². The average molecular weight is 217 g/mol. The first kappa shape index (κ1) is 13.0. The normalized spacial score (nSPS) is 12.4. The molecule has 0 unspecified atom stereocenters. The van der Waals surface area contributed by atoms with Crippen molar-refractivity contribution in [1.82, 2.24) is 0 Å². The van der Waals surface area contributed by atoms with Crippen LogP contribution in [0.3, 0.4) is 0 Å². The van der Waals surface area contributed by atoms with E-state index in [-0.39, 0.29) is 5.71 Å². The Kier molecular flexibility index (Phi) is 5.30. The van der Waals surface area contributed by atoms with Crippen LogP contribution in [0, 0.1) is 0 Å². The summed E-state index contributed by atoms with van der Waals surface area (Å²) < 4.78 is -0.587. The number of carboxylic acids is 1. The molecule has 80 valence electrons. The van der Waals surface area contributed by atoms with Gasteiger partial charge in [0.25, 0.3) is 0 Å². The van der Waals surface area contributed by atoms with Gasteiger partial charge in [-0.1, -0.05) is 11.2 Å². The standard InChI is InChI=1S/C9H15NO3S/c1-5-6-14-9(2,3)7(8(11)12)10-13-4/h5H,1,6H2,2-4H3,(H,11,12). The molecule has 0 aromatic rings. The Morgan fingerprint density at radius 3 is 2.64 bits per heavy atom. The van der Waals surface area contributed by atoms with Crippen LogP contribution in [0.4, 0.5) is 0 Å². The Balaban J connectivity index is 4.71. The Bertz CT molecular complexity index is 248. The number of thioether (sulfide) groups is 1. The number of hydrogen-bond acceptors (Lipinski definition) is 4. The van der Waals surface area contributed by atoms with E-state index < -0.39 is 10.7 Å². The smallest absolute Gasteiger partial charge is 0.355 e. The van der Waals surface area contributed by atoms with Gasteiger partial charge in [-0.3, -0.25) is 0 Å². The monoisotopic (exact) mass is 217 g/mol. The minimum absolute atomic E-state index is 0.00634. The maximum atomic E-state index is 10.8. The zero-order chi connectivity index (χ0) is 11.2. The van der Waals surface area contributed by atoms with Gasteiger partial charge >= 0.3 is 5.97 Å². The van der Waals surface area contributed by atoms with Crippen LogP contribution >= 0.6 is 11.8 Å². The summed E-state index contributed by atoms with van der Waals surface area (Å²) in [5, 5.41) is 12.4. The largest absolute Gasteiger partial charge is 0.477 e. The van der Waals surface area contributed by atoms with Crippen molar-refractivity contribution < 1.29 is 14.7 Å². The average Bonchev–Trinajstić information content (AvgIpc) is 2.10. The van der Waals surface area contributed by atoms with Crippen LogP contribution in [0.2, 0.25) is 0 Å². The van der Waals surface area contributed by atoms with Gasteiger partial charge in [-0.2, -0.15) is 0 Å². The predicted octanol–water partition coefficient (Wildman–Crippen LogP) is 1.77. The zero-order valence-electron chi connectivity index (χ0n) is 8.61. The highest BCUT2D eigenvalue weighted by Gasteiger charge is 2.31. The van der Waals surface area contributed by atoms with E-state index >= 15 is 0 Å². The SMILES string of the molecule is C=CCSC(C)(C)C(=NOC)C(=O)O. The van der Waals surface area contributed by atoms with Crippen molar-refractivity contribution >= 4 is 23.4 Å². The molecule has 4 nitrogen and oxygen atoms in total. The van der Waals surface area contributed by atoms with Gasteiger partial charge in [0.15, 0.2) is 5.71 Å². The zero-order valence-corrected chi connectivity index (χ0v) is 9.43. The second-order valence-electron chi connectivity index (χ2n) is 3.04. The lowest BCUT2D eigenvalue weighted by Crippen LogP contribution is -2.35. The molecule has 14 heavy (non-hydrogen) atoms. The summed E-state index contributed by atoms with van der Waals surface area (Å²) in [6, 6.07) is 0. The van der Waals surface area contributed by atoms with Gasteiger partial charge in [-0.25, -0.2) is 4.79 Å². The van der Waals surface area contributed by atoms with E-state index in [0.29, 0.717) is 5.75 Å². The molecule has 0 heterocycles. The fraction of sp³-hybridized carbons (Fsp3) is 0.556. The van der Waals surface area contributed by atoms with E-state index in [1.807, 2.05) is 0 Å². The highest BCUT2D eigenvalue weighted by atomic mass is 32.2. The molecule has 0 saturated heterocycles. The van der Waals surface area contributed by atoms with Crippen LogP contribution in [0.15, 0.2) is 17.8 Å². The summed E-state index contributed by atoms with van der Waals surface area (Å²) in [6.07, 6.45) is 1.72. The van der Waals surface area contributed by atoms with Gasteiger partial charge in [-0.15, -0.1) is 18.3 Å². The van der Waals surface area contributed by atoms with Crippen LogP contribution in [0.1, 0.15) is 13.8 Å². The number of carboxylic acid groups (broad SMARTS) is 1. The summed E-state index contributed by atoms with van der Waals surface area (Å²) in [7, 11) is 1.33. The second kappa shape index (κ2) is 5.70. The highest BCUT2D eigenvalue weighted by Crippen LogP contribution is 2.26. The van der Waals surface area contributed by atoms with Crippen molar-refractivity contribution in [2.45, 2.75) is 18.6 Å². The van der Waals surface area contributed by atoms with Crippen LogP contribution in [0.25, 0.3) is 0 Å². The van der Waals surface area contributed by atoms with Gasteiger partial charge in [-0.05, 0) is 13.8 Å². The number of oxime groups is 1. The Hall–Kier alpha value is -0.970. The van der Waals surface area contributed by atoms with Crippen LogP contribution < -0.4 is 0 Å². The minimum atomic E-state index is -1.06. The van der Waals surface area contributed by atoms with Gasteiger partial charge in [0.1, 0.15) is 7.11 Å². The van der Waals surface area contributed by atoms with Crippen molar-refractivity contribution in [1.29, 1.82) is 0 Å². The molecule has 0 amide bonds. The van der Waals surface area contributed by atoms with Crippen LogP contribution in [0.5, 0.6) is 0 Å². The van der Waals surface area contributed by atoms with Crippen molar-refractivity contribution in [3.63, 3.8) is 0 Å². The van der Waals surface area contributed by atoms with Gasteiger partial charge < -0.3 is 9.94 Å². The van der Waals surface area contributed by atoms with Crippen molar-refractivity contribution in [3.05, 3.63) is 12.7 Å². The third kappa shape index (κ3) is 3.83. The molecular weight excluding hydrogens is 202 g/mol. The quantitative estimate of drug-likeness (QED) is 0.418. The van der Waals surface area contributed by atoms with E-state index in [0.717, 1.165) is 0 Å². The maximum absolute atomic E-state index is 10.8. The minimum Gasteiger partial charge on any atom is -0.477 e. The number of nitrogens with zero attached hydrogens (tertiary/aromatic N) is 1. The first-order valence-corrected chi connectivity index (χ1v) is 5.04.